The molecule has 1 unspecified atom stereocenters. The van der Waals surface area contributed by atoms with Gasteiger partial charge >= 0.3 is 5.97 Å². The predicted octanol–water partition coefficient (Wildman–Crippen LogP) is 0.227. The summed E-state index contributed by atoms with van der Waals surface area (Å²) in [5.41, 5.74) is 6.02. The number of hydrogen-bond acceptors (Lipinski definition) is 7. The number of amides is 1. The third kappa shape index (κ3) is 2.78. The maximum Gasteiger partial charge on any atom is 0.344 e. The van der Waals surface area contributed by atoms with Crippen molar-refractivity contribution in [1.29, 1.82) is 0 Å². The number of esters is 1. The molecule has 2 heterocycles. The molecule has 0 bridgehead atoms. The van der Waals surface area contributed by atoms with Crippen molar-refractivity contribution in [3.8, 4) is 0 Å². The van der Waals surface area contributed by atoms with Crippen LogP contribution in [0.4, 0.5) is 10.8 Å². The molecule has 1 amide bonds. The second kappa shape index (κ2) is 5.43. The van der Waals surface area contributed by atoms with Crippen LogP contribution in [0.5, 0.6) is 0 Å². The van der Waals surface area contributed by atoms with E-state index in [9.17, 15) is 9.59 Å². The lowest BCUT2D eigenvalue weighted by atomic mass is 10.2. The van der Waals surface area contributed by atoms with E-state index in [-0.39, 0.29) is 17.8 Å². The van der Waals surface area contributed by atoms with Crippen LogP contribution >= 0.6 is 11.5 Å². The number of nitrogen functional groups attached to an aromatic ring is 1. The summed E-state index contributed by atoms with van der Waals surface area (Å²) in [6.07, 6.45) is 0.831. The Labute approximate surface area is 114 Å². The first-order valence-electron chi connectivity index (χ1n) is 5.88. The highest BCUT2D eigenvalue weighted by Gasteiger charge is 2.30. The summed E-state index contributed by atoms with van der Waals surface area (Å²) in [7, 11) is 1.31. The lowest BCUT2D eigenvalue weighted by Gasteiger charge is -2.17. The van der Waals surface area contributed by atoms with Gasteiger partial charge in [0.2, 0.25) is 5.91 Å². The maximum absolute atomic E-state index is 11.7. The molecule has 0 aliphatic carbocycles. The Bertz CT molecular complexity index is 502. The molecule has 0 aromatic carbocycles. The minimum absolute atomic E-state index is 0.0520. The number of aromatic nitrogens is 1. The summed E-state index contributed by atoms with van der Waals surface area (Å²) in [6.45, 7) is 2.88. The van der Waals surface area contributed by atoms with E-state index in [0.717, 1.165) is 13.0 Å². The molecule has 0 spiro atoms. The van der Waals surface area contributed by atoms with Crippen LogP contribution in [-0.4, -0.2) is 42.5 Å². The van der Waals surface area contributed by atoms with Crippen molar-refractivity contribution in [3.05, 3.63) is 5.56 Å². The molecule has 2 rings (SSSR count). The number of carbonyl (C=O) groups is 2. The highest BCUT2D eigenvalue weighted by Crippen LogP contribution is 2.33. The van der Waals surface area contributed by atoms with Crippen molar-refractivity contribution in [3.63, 3.8) is 0 Å². The van der Waals surface area contributed by atoms with Gasteiger partial charge in [0.1, 0.15) is 10.6 Å². The van der Waals surface area contributed by atoms with E-state index in [4.69, 9.17) is 10.5 Å². The van der Waals surface area contributed by atoms with Gasteiger partial charge in [0.15, 0.2) is 5.82 Å². The first-order valence-corrected chi connectivity index (χ1v) is 6.65. The molecule has 1 saturated heterocycles. The SMILES string of the molecule is COC(=O)c1c(N)nsc1N1CCC(NC(C)=O)C1. The molecular formula is C11H16N4O3S. The second-order valence-electron chi connectivity index (χ2n) is 4.37. The molecule has 0 saturated carbocycles. The summed E-state index contributed by atoms with van der Waals surface area (Å²) >= 11 is 1.18. The fraction of sp³-hybridized carbons (Fsp3) is 0.545. The van der Waals surface area contributed by atoms with Crippen LogP contribution in [0.25, 0.3) is 0 Å². The van der Waals surface area contributed by atoms with Gasteiger partial charge in [0, 0.05) is 26.1 Å². The zero-order valence-corrected chi connectivity index (χ0v) is 11.6. The number of nitrogens with one attached hydrogen (secondary N) is 1. The summed E-state index contributed by atoms with van der Waals surface area (Å²) in [5, 5.41) is 3.57. The van der Waals surface area contributed by atoms with Crippen molar-refractivity contribution in [2.45, 2.75) is 19.4 Å². The molecule has 1 atom stereocenters. The van der Waals surface area contributed by atoms with Gasteiger partial charge in [0.05, 0.1) is 7.11 Å². The highest BCUT2D eigenvalue weighted by molar-refractivity contribution is 7.11. The molecule has 7 nitrogen and oxygen atoms in total. The molecule has 8 heteroatoms. The number of ether oxygens (including phenoxy) is 1. The average molecular weight is 284 g/mol. The molecule has 19 heavy (non-hydrogen) atoms. The number of hydrogen-bond donors (Lipinski definition) is 2. The minimum atomic E-state index is -0.482. The van der Waals surface area contributed by atoms with Gasteiger partial charge in [-0.15, -0.1) is 0 Å². The monoisotopic (exact) mass is 284 g/mol. The molecule has 1 aromatic heterocycles. The van der Waals surface area contributed by atoms with Gasteiger partial charge in [-0.1, -0.05) is 0 Å². The van der Waals surface area contributed by atoms with Gasteiger partial charge in [-0.2, -0.15) is 4.37 Å². The van der Waals surface area contributed by atoms with Crippen LogP contribution < -0.4 is 16.0 Å². The van der Waals surface area contributed by atoms with E-state index >= 15 is 0 Å². The van der Waals surface area contributed by atoms with Gasteiger partial charge in [-0.05, 0) is 18.0 Å². The first kappa shape index (κ1) is 13.6. The van der Waals surface area contributed by atoms with Crippen LogP contribution in [0.2, 0.25) is 0 Å². The van der Waals surface area contributed by atoms with Crippen LogP contribution in [-0.2, 0) is 9.53 Å². The van der Waals surface area contributed by atoms with Crippen LogP contribution in [0.3, 0.4) is 0 Å². The quantitative estimate of drug-likeness (QED) is 0.771. The van der Waals surface area contributed by atoms with E-state index < -0.39 is 5.97 Å². The number of methoxy groups -OCH3 is 1. The van der Waals surface area contributed by atoms with Crippen molar-refractivity contribution in [1.82, 2.24) is 9.69 Å². The average Bonchev–Trinajstić information content (AvgIpc) is 2.94. The Morgan fingerprint density at radius 1 is 1.58 bits per heavy atom. The Balaban J connectivity index is 2.16. The first-order chi connectivity index (χ1) is 9.02. The molecule has 1 fully saturated rings. The van der Waals surface area contributed by atoms with E-state index in [1.165, 1.54) is 25.6 Å². The summed E-state index contributed by atoms with van der Waals surface area (Å²) in [4.78, 5) is 24.7. The zero-order chi connectivity index (χ0) is 14.0. The van der Waals surface area contributed by atoms with E-state index in [0.29, 0.717) is 17.1 Å². The lowest BCUT2D eigenvalue weighted by Crippen LogP contribution is -2.35. The van der Waals surface area contributed by atoms with E-state index in [1.807, 2.05) is 4.90 Å². The number of anilines is 2. The Morgan fingerprint density at radius 2 is 2.32 bits per heavy atom. The number of rotatable bonds is 3. The fourth-order valence-corrected chi connectivity index (χ4v) is 2.99. The smallest absolute Gasteiger partial charge is 0.344 e. The molecule has 104 valence electrons. The summed E-state index contributed by atoms with van der Waals surface area (Å²) in [5.74, 6) is -0.345. The third-order valence-electron chi connectivity index (χ3n) is 2.97. The topological polar surface area (TPSA) is 97.6 Å². The van der Waals surface area contributed by atoms with E-state index in [2.05, 4.69) is 9.69 Å². The maximum atomic E-state index is 11.7. The highest BCUT2D eigenvalue weighted by atomic mass is 32.1. The van der Waals surface area contributed by atoms with Crippen LogP contribution in [0, 0.1) is 0 Å². The summed E-state index contributed by atoms with van der Waals surface area (Å²) in [6, 6.07) is 0.0892. The molecule has 3 N–H and O–H groups in total. The lowest BCUT2D eigenvalue weighted by molar-refractivity contribution is -0.119. The number of nitrogens with zero attached hydrogens (tertiary/aromatic N) is 2. The molecule has 1 aliphatic rings. The Kier molecular flexibility index (Phi) is 3.89. The second-order valence-corrected chi connectivity index (χ2v) is 5.12. The van der Waals surface area contributed by atoms with Gasteiger partial charge in [-0.25, -0.2) is 4.79 Å². The van der Waals surface area contributed by atoms with Gasteiger partial charge in [0.25, 0.3) is 0 Å². The Morgan fingerprint density at radius 3 is 2.95 bits per heavy atom. The summed E-state index contributed by atoms with van der Waals surface area (Å²) < 4.78 is 8.72. The van der Waals surface area contributed by atoms with Crippen molar-refractivity contribution < 1.29 is 14.3 Å². The third-order valence-corrected chi connectivity index (χ3v) is 3.90. The molecule has 0 radical (unpaired) electrons. The molecular weight excluding hydrogens is 268 g/mol. The van der Waals surface area contributed by atoms with Crippen molar-refractivity contribution in [2.75, 3.05) is 30.8 Å². The zero-order valence-electron chi connectivity index (χ0n) is 10.8. The largest absolute Gasteiger partial charge is 0.465 e. The van der Waals surface area contributed by atoms with Crippen molar-refractivity contribution in [2.24, 2.45) is 0 Å². The van der Waals surface area contributed by atoms with Gasteiger partial charge in [-0.3, -0.25) is 4.79 Å². The van der Waals surface area contributed by atoms with Crippen molar-refractivity contribution >= 4 is 34.2 Å². The molecule has 1 aromatic rings. The standard InChI is InChI=1S/C11H16N4O3S/c1-6(16)13-7-3-4-15(5-7)10-8(11(17)18-2)9(12)14-19-10/h7H,3-5H2,1-2H3,(H2,12,14)(H,13,16). The van der Waals surface area contributed by atoms with Crippen LogP contribution in [0.15, 0.2) is 0 Å². The number of carbonyl (C=O) groups excluding carboxylic acids is 2. The number of nitrogens with two attached hydrogens (primary N) is 1. The van der Waals surface area contributed by atoms with E-state index in [1.54, 1.807) is 0 Å². The van der Waals surface area contributed by atoms with Crippen LogP contribution in [0.1, 0.15) is 23.7 Å². The normalized spacial score (nSPS) is 18.4. The Hall–Kier alpha value is -1.83. The minimum Gasteiger partial charge on any atom is -0.465 e. The molecule has 1 aliphatic heterocycles. The predicted molar refractivity (Wildman–Crippen MR) is 72.3 cm³/mol. The van der Waals surface area contributed by atoms with Gasteiger partial charge < -0.3 is 20.7 Å². The fourth-order valence-electron chi connectivity index (χ4n) is 2.15.